The van der Waals surface area contributed by atoms with Gasteiger partial charge in [-0.05, 0) is 110 Å². The van der Waals surface area contributed by atoms with Crippen LogP contribution >= 0.6 is 0 Å². The van der Waals surface area contributed by atoms with Crippen LogP contribution in [0.15, 0.2) is 30.3 Å². The molecular weight excluding hydrogens is 433 g/mol. The average molecular weight is 473 g/mol. The Labute approximate surface area is 203 Å². The molecule has 4 rings (SSSR count). The minimum absolute atomic E-state index is 0.0280. The van der Waals surface area contributed by atoms with Gasteiger partial charge in [0.1, 0.15) is 5.82 Å². The van der Waals surface area contributed by atoms with Crippen LogP contribution in [0.3, 0.4) is 0 Å². The molecule has 2 aromatic rings. The maximum Gasteiger partial charge on any atom is 0.200 e. The maximum atomic E-state index is 14.9. The van der Waals surface area contributed by atoms with Crippen molar-refractivity contribution < 1.29 is 17.9 Å². The Balaban J connectivity index is 1.29. The molecule has 0 aliphatic heterocycles. The monoisotopic (exact) mass is 472 g/mol. The van der Waals surface area contributed by atoms with Gasteiger partial charge in [-0.3, -0.25) is 0 Å². The van der Waals surface area contributed by atoms with Crippen molar-refractivity contribution in [2.45, 2.75) is 96.3 Å². The van der Waals surface area contributed by atoms with Gasteiger partial charge < -0.3 is 4.74 Å². The topological polar surface area (TPSA) is 9.23 Å². The molecule has 34 heavy (non-hydrogen) atoms. The summed E-state index contributed by atoms with van der Waals surface area (Å²) in [4.78, 5) is 0. The van der Waals surface area contributed by atoms with Gasteiger partial charge in [0.15, 0.2) is 11.6 Å². The lowest BCUT2D eigenvalue weighted by Crippen LogP contribution is -2.20. The molecule has 0 spiro atoms. The molecule has 2 saturated carbocycles. The third-order valence-electron chi connectivity index (χ3n) is 8.31. The Hall–Kier alpha value is -1.97. The lowest BCUT2D eigenvalue weighted by molar-refractivity contribution is 0.192. The van der Waals surface area contributed by atoms with Gasteiger partial charge in [0.05, 0.1) is 6.61 Å². The summed E-state index contributed by atoms with van der Waals surface area (Å²) < 4.78 is 49.6. The van der Waals surface area contributed by atoms with E-state index in [2.05, 4.69) is 13.0 Å². The number of ether oxygens (including phenoxy) is 1. The molecule has 186 valence electrons. The molecule has 0 unspecified atom stereocenters. The first-order valence-electron chi connectivity index (χ1n) is 13.4. The van der Waals surface area contributed by atoms with Crippen molar-refractivity contribution in [2.24, 2.45) is 11.8 Å². The Kier molecular flexibility index (Phi) is 8.60. The van der Waals surface area contributed by atoms with Gasteiger partial charge in [0.25, 0.3) is 0 Å². The van der Waals surface area contributed by atoms with Gasteiger partial charge in [-0.15, -0.1) is 0 Å². The second-order valence-corrected chi connectivity index (χ2v) is 10.5. The lowest BCUT2D eigenvalue weighted by Gasteiger charge is -2.30. The van der Waals surface area contributed by atoms with Gasteiger partial charge in [-0.25, -0.2) is 8.78 Å². The number of rotatable bonds is 8. The van der Waals surface area contributed by atoms with Gasteiger partial charge in [-0.1, -0.05) is 44.9 Å². The van der Waals surface area contributed by atoms with Crippen LogP contribution in [0.5, 0.6) is 5.75 Å². The van der Waals surface area contributed by atoms with Crippen LogP contribution in [-0.2, 0) is 6.42 Å². The minimum Gasteiger partial charge on any atom is -0.490 e. The van der Waals surface area contributed by atoms with Crippen LogP contribution in [-0.4, -0.2) is 6.61 Å². The standard InChI is InChI=1S/C30H39F3O/c1-3-5-20-6-12-24(13-7-20)26-16-17-28(30(33)29(26)32)34-19-21-8-10-23(11-9-21)25-15-14-22(4-2)27(31)18-25/h14-18,20-21,23-24H,3-13,19H2,1-2H3. The number of halogens is 3. The largest absolute Gasteiger partial charge is 0.490 e. The van der Waals surface area contributed by atoms with Crippen LogP contribution in [0.25, 0.3) is 0 Å². The third kappa shape index (κ3) is 5.80. The van der Waals surface area contributed by atoms with E-state index in [1.807, 2.05) is 13.0 Å². The maximum absolute atomic E-state index is 14.9. The molecule has 1 nitrogen and oxygen atoms in total. The van der Waals surface area contributed by atoms with E-state index in [0.29, 0.717) is 30.4 Å². The van der Waals surface area contributed by atoms with Crippen LogP contribution < -0.4 is 4.74 Å². The van der Waals surface area contributed by atoms with E-state index in [1.54, 1.807) is 18.2 Å². The number of aryl methyl sites for hydroxylation is 1. The van der Waals surface area contributed by atoms with E-state index in [9.17, 15) is 13.2 Å². The van der Waals surface area contributed by atoms with E-state index in [-0.39, 0.29) is 17.5 Å². The zero-order chi connectivity index (χ0) is 24.1. The lowest BCUT2D eigenvalue weighted by atomic mass is 9.77. The van der Waals surface area contributed by atoms with Crippen LogP contribution in [0, 0.1) is 29.3 Å². The zero-order valence-electron chi connectivity index (χ0n) is 20.7. The number of hydrogen-bond acceptors (Lipinski definition) is 1. The van der Waals surface area contributed by atoms with E-state index < -0.39 is 11.6 Å². The smallest absolute Gasteiger partial charge is 0.200 e. The van der Waals surface area contributed by atoms with Crippen LogP contribution in [0.2, 0.25) is 0 Å². The summed E-state index contributed by atoms with van der Waals surface area (Å²) in [5.41, 5.74) is 2.35. The molecule has 0 N–H and O–H groups in total. The Bertz CT molecular complexity index is 940. The highest BCUT2D eigenvalue weighted by molar-refractivity contribution is 5.33. The van der Waals surface area contributed by atoms with Crippen molar-refractivity contribution in [1.82, 2.24) is 0 Å². The molecular formula is C30H39F3O. The fourth-order valence-corrected chi connectivity index (χ4v) is 6.12. The van der Waals surface area contributed by atoms with Crippen molar-refractivity contribution in [2.75, 3.05) is 6.61 Å². The summed E-state index contributed by atoms with van der Waals surface area (Å²) in [7, 11) is 0. The Morgan fingerprint density at radius 3 is 2.09 bits per heavy atom. The fraction of sp³-hybridized carbons (Fsp3) is 0.600. The highest BCUT2D eigenvalue weighted by Crippen LogP contribution is 2.40. The molecule has 0 atom stereocenters. The molecule has 0 saturated heterocycles. The number of hydrogen-bond donors (Lipinski definition) is 0. The van der Waals surface area contributed by atoms with E-state index in [0.717, 1.165) is 68.4 Å². The molecule has 2 aliphatic carbocycles. The van der Waals surface area contributed by atoms with Gasteiger partial charge in [-0.2, -0.15) is 4.39 Å². The van der Waals surface area contributed by atoms with Crippen LogP contribution in [0.4, 0.5) is 13.2 Å². The van der Waals surface area contributed by atoms with Crippen molar-refractivity contribution in [1.29, 1.82) is 0 Å². The molecule has 0 heterocycles. The van der Waals surface area contributed by atoms with Gasteiger partial charge >= 0.3 is 0 Å². The first-order valence-corrected chi connectivity index (χ1v) is 13.4. The predicted octanol–water partition coefficient (Wildman–Crippen LogP) is 9.09. The Morgan fingerprint density at radius 2 is 1.44 bits per heavy atom. The minimum atomic E-state index is -0.839. The molecule has 0 aromatic heterocycles. The molecule has 2 aromatic carbocycles. The van der Waals surface area contributed by atoms with Gasteiger partial charge in [0.2, 0.25) is 5.82 Å². The van der Waals surface area contributed by atoms with Gasteiger partial charge in [0, 0.05) is 0 Å². The third-order valence-corrected chi connectivity index (χ3v) is 8.31. The molecule has 0 amide bonds. The summed E-state index contributed by atoms with van der Waals surface area (Å²) >= 11 is 0. The Morgan fingerprint density at radius 1 is 0.765 bits per heavy atom. The quantitative estimate of drug-likeness (QED) is 0.372. The summed E-state index contributed by atoms with van der Waals surface area (Å²) in [6, 6.07) is 9.01. The van der Waals surface area contributed by atoms with Crippen molar-refractivity contribution in [3.05, 3.63) is 64.5 Å². The highest BCUT2D eigenvalue weighted by atomic mass is 19.2. The normalized spacial score (nSPS) is 25.3. The second kappa shape index (κ2) is 11.6. The fourth-order valence-electron chi connectivity index (χ4n) is 6.12. The van der Waals surface area contributed by atoms with E-state index >= 15 is 0 Å². The summed E-state index contributed by atoms with van der Waals surface area (Å²) in [5.74, 6) is -0.124. The molecule has 2 aliphatic rings. The SMILES string of the molecule is CCCC1CCC(c2ccc(OCC3CCC(c4ccc(CC)c(F)c4)CC3)c(F)c2F)CC1. The van der Waals surface area contributed by atoms with Crippen molar-refractivity contribution in [3.8, 4) is 5.75 Å². The first-order chi connectivity index (χ1) is 16.5. The first kappa shape index (κ1) is 25.1. The predicted molar refractivity (Wildman–Crippen MR) is 132 cm³/mol. The van der Waals surface area contributed by atoms with Crippen molar-refractivity contribution in [3.63, 3.8) is 0 Å². The molecule has 0 bridgehead atoms. The molecule has 4 heteroatoms. The summed E-state index contributed by atoms with van der Waals surface area (Å²) in [6.45, 7) is 4.57. The highest BCUT2D eigenvalue weighted by Gasteiger charge is 2.27. The average Bonchev–Trinajstić information content (AvgIpc) is 2.86. The summed E-state index contributed by atoms with van der Waals surface area (Å²) in [5, 5.41) is 0. The van der Waals surface area contributed by atoms with E-state index in [1.165, 1.54) is 12.8 Å². The molecule has 0 radical (unpaired) electrons. The van der Waals surface area contributed by atoms with E-state index in [4.69, 9.17) is 4.74 Å². The second-order valence-electron chi connectivity index (χ2n) is 10.5. The zero-order valence-corrected chi connectivity index (χ0v) is 20.7. The molecule has 2 fully saturated rings. The number of benzene rings is 2. The summed E-state index contributed by atoms with van der Waals surface area (Å²) in [6.07, 6.45) is 11.1. The van der Waals surface area contributed by atoms with Crippen LogP contribution in [0.1, 0.15) is 107 Å². The van der Waals surface area contributed by atoms with Crippen molar-refractivity contribution >= 4 is 0 Å².